The number of aryl methyl sites for hydroxylation is 1. The lowest BCUT2D eigenvalue weighted by Crippen LogP contribution is -2.24. The van der Waals surface area contributed by atoms with Gasteiger partial charge in [-0.3, -0.25) is 0 Å². The summed E-state index contributed by atoms with van der Waals surface area (Å²) in [7, 11) is -3.55. The van der Waals surface area contributed by atoms with Gasteiger partial charge in [-0.05, 0) is 42.2 Å². The second-order valence-electron chi connectivity index (χ2n) is 6.26. The van der Waals surface area contributed by atoms with Crippen molar-refractivity contribution in [2.24, 2.45) is 0 Å². The normalized spacial score (nSPS) is 12.4. The number of aromatic nitrogens is 2. The van der Waals surface area contributed by atoms with Gasteiger partial charge in [0.15, 0.2) is 0 Å². The average molecular weight is 319 g/mol. The summed E-state index contributed by atoms with van der Waals surface area (Å²) in [4.78, 5) is 0.251. The third-order valence-electron chi connectivity index (χ3n) is 3.33. The summed E-state index contributed by atoms with van der Waals surface area (Å²) < 4.78 is 27.1. The number of hydrogen-bond donors (Lipinski definition) is 1. The average Bonchev–Trinajstić information content (AvgIpc) is 2.46. The zero-order valence-electron chi connectivity index (χ0n) is 13.3. The van der Waals surface area contributed by atoms with Gasteiger partial charge in [-0.2, -0.15) is 10.2 Å². The van der Waals surface area contributed by atoms with Crippen LogP contribution in [-0.2, 0) is 22.0 Å². The molecule has 0 spiro atoms. The molecule has 0 fully saturated rings. The summed E-state index contributed by atoms with van der Waals surface area (Å²) in [5.74, 6) is 0. The lowest BCUT2D eigenvalue weighted by molar-refractivity contribution is 0.577. The summed E-state index contributed by atoms with van der Waals surface area (Å²) in [6.45, 7) is 8.22. The first-order chi connectivity index (χ1) is 10.2. The zero-order chi connectivity index (χ0) is 16.4. The first-order valence-corrected chi connectivity index (χ1v) is 8.56. The minimum atomic E-state index is -3.55. The van der Waals surface area contributed by atoms with Crippen molar-refractivity contribution in [2.75, 3.05) is 0 Å². The first-order valence-electron chi connectivity index (χ1n) is 7.08. The minimum absolute atomic E-state index is 0.00674. The summed E-state index contributed by atoms with van der Waals surface area (Å²) in [5, 5.41) is 7.85. The van der Waals surface area contributed by atoms with E-state index in [0.717, 1.165) is 11.3 Å². The van der Waals surface area contributed by atoms with E-state index in [2.05, 4.69) is 35.7 Å². The van der Waals surface area contributed by atoms with Crippen LogP contribution in [-0.4, -0.2) is 18.6 Å². The molecule has 0 bridgehead atoms. The van der Waals surface area contributed by atoms with Crippen LogP contribution < -0.4 is 4.72 Å². The van der Waals surface area contributed by atoms with Crippen LogP contribution in [0.5, 0.6) is 0 Å². The van der Waals surface area contributed by atoms with Crippen molar-refractivity contribution in [1.82, 2.24) is 14.9 Å². The number of nitrogens with one attached hydrogen (secondary N) is 1. The van der Waals surface area contributed by atoms with Gasteiger partial charge < -0.3 is 0 Å². The molecule has 1 heterocycles. The standard InChI is InChI=1S/C16H21N3O2S/c1-12-5-8-14(19-18-12)11-17-22(20,21)15-9-6-13(7-10-15)16(2,3)4/h5-10,17H,11H2,1-4H3. The summed E-state index contributed by atoms with van der Waals surface area (Å²) >= 11 is 0. The highest BCUT2D eigenvalue weighted by atomic mass is 32.2. The van der Waals surface area contributed by atoms with Crippen molar-refractivity contribution in [3.8, 4) is 0 Å². The number of rotatable bonds is 4. The molecule has 0 amide bonds. The van der Waals surface area contributed by atoms with Crippen molar-refractivity contribution in [1.29, 1.82) is 0 Å². The molecule has 0 aliphatic heterocycles. The van der Waals surface area contributed by atoms with Crippen molar-refractivity contribution < 1.29 is 8.42 Å². The highest BCUT2D eigenvalue weighted by Crippen LogP contribution is 2.23. The summed E-state index contributed by atoms with van der Waals surface area (Å²) in [5.41, 5.74) is 2.47. The third-order valence-corrected chi connectivity index (χ3v) is 4.74. The van der Waals surface area contributed by atoms with Crippen LogP contribution >= 0.6 is 0 Å². The van der Waals surface area contributed by atoms with Gasteiger partial charge in [0.2, 0.25) is 10.0 Å². The molecule has 0 radical (unpaired) electrons. The molecular formula is C16H21N3O2S. The van der Waals surface area contributed by atoms with E-state index in [9.17, 15) is 8.42 Å². The van der Waals surface area contributed by atoms with Crippen molar-refractivity contribution in [3.63, 3.8) is 0 Å². The molecule has 118 valence electrons. The van der Waals surface area contributed by atoms with E-state index in [1.165, 1.54) is 0 Å². The maximum absolute atomic E-state index is 12.3. The fourth-order valence-corrected chi connectivity index (χ4v) is 2.91. The first kappa shape index (κ1) is 16.6. The van der Waals surface area contributed by atoms with Crippen LogP contribution in [0.1, 0.15) is 37.7 Å². The highest BCUT2D eigenvalue weighted by Gasteiger charge is 2.17. The topological polar surface area (TPSA) is 72.0 Å². The molecule has 6 heteroatoms. The maximum atomic E-state index is 12.3. The highest BCUT2D eigenvalue weighted by molar-refractivity contribution is 7.89. The molecule has 1 N–H and O–H groups in total. The zero-order valence-corrected chi connectivity index (χ0v) is 14.1. The predicted octanol–water partition coefficient (Wildman–Crippen LogP) is 2.56. The smallest absolute Gasteiger partial charge is 0.207 e. The number of benzene rings is 1. The second kappa shape index (κ2) is 6.14. The fourth-order valence-electron chi connectivity index (χ4n) is 1.91. The van der Waals surface area contributed by atoms with E-state index in [4.69, 9.17) is 0 Å². The number of nitrogens with zero attached hydrogens (tertiary/aromatic N) is 2. The van der Waals surface area contributed by atoms with Gasteiger partial charge >= 0.3 is 0 Å². The second-order valence-corrected chi connectivity index (χ2v) is 8.03. The van der Waals surface area contributed by atoms with Crippen LogP contribution in [0.15, 0.2) is 41.3 Å². The van der Waals surface area contributed by atoms with Crippen LogP contribution in [0, 0.1) is 6.92 Å². The van der Waals surface area contributed by atoms with Crippen molar-refractivity contribution in [3.05, 3.63) is 53.3 Å². The van der Waals surface area contributed by atoms with E-state index >= 15 is 0 Å². The minimum Gasteiger partial charge on any atom is -0.207 e. The van der Waals surface area contributed by atoms with Gasteiger partial charge in [0.25, 0.3) is 0 Å². The van der Waals surface area contributed by atoms with Crippen LogP contribution in [0.2, 0.25) is 0 Å². The Bertz CT molecular complexity index is 730. The van der Waals surface area contributed by atoms with E-state index in [1.54, 1.807) is 24.3 Å². The molecule has 2 aromatic rings. The SMILES string of the molecule is Cc1ccc(CNS(=O)(=O)c2ccc(C(C)(C)C)cc2)nn1. The van der Waals surface area contributed by atoms with E-state index in [1.807, 2.05) is 19.1 Å². The van der Waals surface area contributed by atoms with E-state index in [-0.39, 0.29) is 16.9 Å². The quantitative estimate of drug-likeness (QED) is 0.940. The molecule has 1 aromatic carbocycles. The van der Waals surface area contributed by atoms with Gasteiger partial charge in [0, 0.05) is 0 Å². The Morgan fingerprint density at radius 2 is 1.64 bits per heavy atom. The molecule has 2 rings (SSSR count). The Morgan fingerprint density at radius 1 is 1.00 bits per heavy atom. The largest absolute Gasteiger partial charge is 0.240 e. The van der Waals surface area contributed by atoms with Gasteiger partial charge in [-0.25, -0.2) is 13.1 Å². The molecular weight excluding hydrogens is 298 g/mol. The number of sulfonamides is 1. The summed E-state index contributed by atoms with van der Waals surface area (Å²) in [6.07, 6.45) is 0. The Balaban J connectivity index is 2.11. The van der Waals surface area contributed by atoms with Crippen LogP contribution in [0.3, 0.4) is 0 Å². The van der Waals surface area contributed by atoms with Gasteiger partial charge in [0.05, 0.1) is 22.8 Å². The molecule has 5 nitrogen and oxygen atoms in total. The molecule has 0 saturated carbocycles. The maximum Gasteiger partial charge on any atom is 0.240 e. The van der Waals surface area contributed by atoms with Gasteiger partial charge in [0.1, 0.15) is 0 Å². The van der Waals surface area contributed by atoms with Crippen LogP contribution in [0.25, 0.3) is 0 Å². The molecule has 0 saturated heterocycles. The van der Waals surface area contributed by atoms with E-state index in [0.29, 0.717) is 5.69 Å². The molecule has 0 aliphatic carbocycles. The van der Waals surface area contributed by atoms with Crippen molar-refractivity contribution >= 4 is 10.0 Å². The van der Waals surface area contributed by atoms with Gasteiger partial charge in [-0.1, -0.05) is 32.9 Å². The molecule has 0 atom stereocenters. The monoisotopic (exact) mass is 319 g/mol. The third kappa shape index (κ3) is 4.11. The van der Waals surface area contributed by atoms with Crippen molar-refractivity contribution in [2.45, 2.75) is 44.6 Å². The lowest BCUT2D eigenvalue weighted by atomic mass is 9.87. The Labute approximate surface area is 131 Å². The van der Waals surface area contributed by atoms with Crippen LogP contribution in [0.4, 0.5) is 0 Å². The lowest BCUT2D eigenvalue weighted by Gasteiger charge is -2.19. The Kier molecular flexibility index (Phi) is 4.63. The number of hydrogen-bond acceptors (Lipinski definition) is 4. The predicted molar refractivity (Wildman–Crippen MR) is 85.9 cm³/mol. The fraction of sp³-hybridized carbons (Fsp3) is 0.375. The summed E-state index contributed by atoms with van der Waals surface area (Å²) in [6, 6.07) is 10.5. The molecule has 0 aliphatic rings. The van der Waals surface area contributed by atoms with E-state index < -0.39 is 10.0 Å². The van der Waals surface area contributed by atoms with Gasteiger partial charge in [-0.15, -0.1) is 0 Å². The molecule has 22 heavy (non-hydrogen) atoms. The molecule has 0 unspecified atom stereocenters. The Morgan fingerprint density at radius 3 is 2.14 bits per heavy atom. The molecule has 1 aromatic heterocycles. The Hall–Kier alpha value is -1.79.